The number of para-hydroxylation sites is 2. The molecule has 2 atom stereocenters. The van der Waals surface area contributed by atoms with E-state index >= 15 is 0 Å². The Kier molecular flexibility index (Phi) is 3.58. The fraction of sp³-hybridized carbons (Fsp3) is 0.529. The maximum Gasteiger partial charge on any atom is 0.220 e. The van der Waals surface area contributed by atoms with Crippen LogP contribution < -0.4 is 5.32 Å². The van der Waals surface area contributed by atoms with Crippen LogP contribution >= 0.6 is 0 Å². The number of nitrogens with zero attached hydrogens (tertiary/aromatic N) is 2. The van der Waals surface area contributed by atoms with Gasteiger partial charge in [-0.25, -0.2) is 4.98 Å². The average molecular weight is 298 g/mol. The number of amides is 1. The van der Waals surface area contributed by atoms with Crippen molar-refractivity contribution in [3.05, 3.63) is 30.1 Å². The molecule has 2 aromatic rings. The molecule has 2 N–H and O–H groups in total. The van der Waals surface area contributed by atoms with E-state index in [9.17, 15) is 4.79 Å². The lowest BCUT2D eigenvalue weighted by Crippen LogP contribution is -2.38. The van der Waals surface area contributed by atoms with Crippen LogP contribution in [0.15, 0.2) is 24.3 Å². The number of imidazole rings is 1. The fourth-order valence-corrected chi connectivity index (χ4v) is 3.77. The van der Waals surface area contributed by atoms with Gasteiger partial charge in [-0.2, -0.15) is 0 Å². The summed E-state index contributed by atoms with van der Waals surface area (Å²) in [5.74, 6) is 1.72. The highest BCUT2D eigenvalue weighted by Crippen LogP contribution is 2.31. The topological polar surface area (TPSA) is 61.0 Å². The molecule has 0 radical (unpaired) electrons. The molecule has 2 aliphatic rings. The monoisotopic (exact) mass is 298 g/mol. The van der Waals surface area contributed by atoms with Gasteiger partial charge >= 0.3 is 0 Å². The number of likely N-dealkylation sites (tertiary alicyclic amines) is 1. The van der Waals surface area contributed by atoms with Gasteiger partial charge in [0.15, 0.2) is 0 Å². The minimum atomic E-state index is 0.197. The Labute approximate surface area is 130 Å². The molecule has 0 aliphatic carbocycles. The first-order chi connectivity index (χ1) is 10.8. The minimum Gasteiger partial charge on any atom is -0.356 e. The molecular formula is C17H22N4O. The number of hydrogen-bond acceptors (Lipinski definition) is 3. The Morgan fingerprint density at radius 1 is 1.27 bits per heavy atom. The van der Waals surface area contributed by atoms with Crippen molar-refractivity contribution < 1.29 is 4.79 Å². The van der Waals surface area contributed by atoms with Crippen molar-refractivity contribution >= 4 is 16.9 Å². The predicted molar refractivity (Wildman–Crippen MR) is 85.4 cm³/mol. The smallest absolute Gasteiger partial charge is 0.220 e. The van der Waals surface area contributed by atoms with Crippen LogP contribution in [0.25, 0.3) is 11.0 Å². The number of hydrogen-bond donors (Lipinski definition) is 2. The summed E-state index contributed by atoms with van der Waals surface area (Å²) in [5.41, 5.74) is 2.15. The van der Waals surface area contributed by atoms with Crippen LogP contribution in [-0.2, 0) is 4.79 Å². The summed E-state index contributed by atoms with van der Waals surface area (Å²) >= 11 is 0. The molecule has 1 aromatic carbocycles. The van der Waals surface area contributed by atoms with Gasteiger partial charge in [-0.05, 0) is 37.4 Å². The molecule has 116 valence electrons. The first kappa shape index (κ1) is 13.8. The normalized spacial score (nSPS) is 26.5. The van der Waals surface area contributed by atoms with E-state index in [1.807, 2.05) is 12.1 Å². The molecule has 5 heteroatoms. The molecule has 5 nitrogen and oxygen atoms in total. The van der Waals surface area contributed by atoms with Crippen LogP contribution in [0.1, 0.15) is 37.5 Å². The Morgan fingerprint density at radius 2 is 2.18 bits per heavy atom. The van der Waals surface area contributed by atoms with Crippen molar-refractivity contribution in [1.82, 2.24) is 20.2 Å². The number of nitrogens with one attached hydrogen (secondary N) is 2. The van der Waals surface area contributed by atoms with E-state index in [2.05, 4.69) is 27.3 Å². The molecule has 2 aliphatic heterocycles. The molecule has 0 bridgehead atoms. The Balaban J connectivity index is 1.55. The van der Waals surface area contributed by atoms with E-state index < -0.39 is 0 Å². The fourth-order valence-electron chi connectivity index (χ4n) is 3.77. The Bertz CT molecular complexity index is 647. The van der Waals surface area contributed by atoms with Gasteiger partial charge in [-0.15, -0.1) is 0 Å². The second-order valence-electron chi connectivity index (χ2n) is 6.52. The lowest BCUT2D eigenvalue weighted by atomic mass is 9.98. The van der Waals surface area contributed by atoms with Crippen LogP contribution in [0.3, 0.4) is 0 Å². The molecule has 2 unspecified atom stereocenters. The molecule has 22 heavy (non-hydrogen) atoms. The Morgan fingerprint density at radius 3 is 3.00 bits per heavy atom. The lowest BCUT2D eigenvalue weighted by molar-refractivity contribution is -0.119. The highest BCUT2D eigenvalue weighted by molar-refractivity contribution is 5.78. The summed E-state index contributed by atoms with van der Waals surface area (Å²) in [5, 5.41) is 2.95. The zero-order chi connectivity index (χ0) is 14.9. The minimum absolute atomic E-state index is 0.197. The third-order valence-electron chi connectivity index (χ3n) is 4.89. The summed E-state index contributed by atoms with van der Waals surface area (Å²) in [6.07, 6.45) is 4.31. The number of aromatic nitrogens is 2. The van der Waals surface area contributed by atoms with E-state index in [1.54, 1.807) is 0 Å². The zero-order valence-electron chi connectivity index (χ0n) is 12.7. The number of piperidine rings is 1. The summed E-state index contributed by atoms with van der Waals surface area (Å²) in [6, 6.07) is 8.57. The van der Waals surface area contributed by atoms with E-state index in [4.69, 9.17) is 4.98 Å². The number of benzene rings is 1. The number of carbonyl (C=O) groups excluding carboxylic acids is 1. The van der Waals surface area contributed by atoms with Gasteiger partial charge in [0.25, 0.3) is 0 Å². The summed E-state index contributed by atoms with van der Waals surface area (Å²) in [4.78, 5) is 22.2. The van der Waals surface area contributed by atoms with Crippen molar-refractivity contribution in [3.8, 4) is 0 Å². The SMILES string of the molecule is O=C1CC(CN2CCCCC2c2nc3ccccc3[nH]2)CN1. The van der Waals surface area contributed by atoms with Gasteiger partial charge < -0.3 is 10.3 Å². The number of aromatic amines is 1. The van der Waals surface area contributed by atoms with E-state index in [1.165, 1.54) is 12.8 Å². The van der Waals surface area contributed by atoms with E-state index in [0.717, 1.165) is 42.9 Å². The third kappa shape index (κ3) is 2.61. The molecule has 4 rings (SSSR count). The second-order valence-corrected chi connectivity index (χ2v) is 6.52. The quantitative estimate of drug-likeness (QED) is 0.913. The lowest BCUT2D eigenvalue weighted by Gasteiger charge is -2.35. The standard InChI is InChI=1S/C17H22N4O/c22-16-9-12(10-18-16)11-21-8-4-3-7-15(21)17-19-13-5-1-2-6-14(13)20-17/h1-2,5-6,12,15H,3-4,7-11H2,(H,18,22)(H,19,20). The van der Waals surface area contributed by atoms with Crippen molar-refractivity contribution in [2.45, 2.75) is 31.7 Å². The highest BCUT2D eigenvalue weighted by atomic mass is 16.1. The van der Waals surface area contributed by atoms with Crippen molar-refractivity contribution in [2.24, 2.45) is 5.92 Å². The van der Waals surface area contributed by atoms with Gasteiger partial charge in [-0.3, -0.25) is 9.69 Å². The second kappa shape index (κ2) is 5.72. The van der Waals surface area contributed by atoms with Crippen molar-refractivity contribution in [1.29, 1.82) is 0 Å². The molecule has 1 amide bonds. The van der Waals surface area contributed by atoms with Gasteiger partial charge in [0, 0.05) is 19.5 Å². The van der Waals surface area contributed by atoms with Crippen LogP contribution in [-0.4, -0.2) is 40.4 Å². The van der Waals surface area contributed by atoms with Crippen molar-refractivity contribution in [2.75, 3.05) is 19.6 Å². The molecule has 0 spiro atoms. The van der Waals surface area contributed by atoms with E-state index in [0.29, 0.717) is 18.4 Å². The molecule has 2 saturated heterocycles. The number of fused-ring (bicyclic) bond motifs is 1. The van der Waals surface area contributed by atoms with Crippen LogP contribution in [0.5, 0.6) is 0 Å². The molecule has 0 saturated carbocycles. The predicted octanol–water partition coefficient (Wildman–Crippen LogP) is 2.23. The highest BCUT2D eigenvalue weighted by Gasteiger charge is 2.31. The maximum atomic E-state index is 11.4. The van der Waals surface area contributed by atoms with Crippen LogP contribution in [0, 0.1) is 5.92 Å². The summed E-state index contributed by atoms with van der Waals surface area (Å²) < 4.78 is 0. The summed E-state index contributed by atoms with van der Waals surface area (Å²) in [6.45, 7) is 2.91. The summed E-state index contributed by atoms with van der Waals surface area (Å²) in [7, 11) is 0. The van der Waals surface area contributed by atoms with Gasteiger partial charge in [0.1, 0.15) is 5.82 Å². The molecule has 3 heterocycles. The number of rotatable bonds is 3. The molecular weight excluding hydrogens is 276 g/mol. The van der Waals surface area contributed by atoms with Crippen LogP contribution in [0.2, 0.25) is 0 Å². The van der Waals surface area contributed by atoms with Crippen LogP contribution in [0.4, 0.5) is 0 Å². The maximum absolute atomic E-state index is 11.4. The average Bonchev–Trinajstić information content (AvgIpc) is 3.14. The first-order valence-electron chi connectivity index (χ1n) is 8.25. The van der Waals surface area contributed by atoms with Gasteiger partial charge in [0.2, 0.25) is 5.91 Å². The third-order valence-corrected chi connectivity index (χ3v) is 4.89. The first-order valence-corrected chi connectivity index (χ1v) is 8.25. The molecule has 1 aromatic heterocycles. The largest absolute Gasteiger partial charge is 0.356 e. The molecule has 2 fully saturated rings. The van der Waals surface area contributed by atoms with Gasteiger partial charge in [0.05, 0.1) is 17.1 Å². The zero-order valence-corrected chi connectivity index (χ0v) is 12.7. The van der Waals surface area contributed by atoms with E-state index in [-0.39, 0.29) is 5.91 Å². The van der Waals surface area contributed by atoms with Gasteiger partial charge in [-0.1, -0.05) is 18.6 Å². The Hall–Kier alpha value is -1.88. The number of carbonyl (C=O) groups is 1. The number of H-pyrrole nitrogens is 1. The van der Waals surface area contributed by atoms with Crippen molar-refractivity contribution in [3.63, 3.8) is 0 Å².